The minimum Gasteiger partial charge on any atom is -0.481 e. The van der Waals surface area contributed by atoms with E-state index in [0.717, 1.165) is 0 Å². The van der Waals surface area contributed by atoms with Crippen LogP contribution in [0.4, 0.5) is 5.69 Å². The van der Waals surface area contributed by atoms with E-state index in [0.29, 0.717) is 16.8 Å². The Morgan fingerprint density at radius 3 is 2.62 bits per heavy atom. The fraction of sp³-hybridized carbons (Fsp3) is 0.357. The molecule has 0 spiro atoms. The molecular formula is C14H17N3O4. The third kappa shape index (κ3) is 2.42. The standard InChI is InChI=1S/C14H17N3O4/c1-14(13(16)21,6-5-11(18)19)17-7-9-8(12(17)20)3-2-4-10(9)15/h2-4H,5-7,15H2,1H3,(H2,16,21)(H,18,19)/t14-/m0/s1. The van der Waals surface area contributed by atoms with Crippen molar-refractivity contribution in [2.24, 2.45) is 5.73 Å². The zero-order valence-corrected chi connectivity index (χ0v) is 11.6. The zero-order chi connectivity index (χ0) is 15.8. The van der Waals surface area contributed by atoms with Crippen LogP contribution in [-0.4, -0.2) is 33.3 Å². The molecule has 112 valence electrons. The molecule has 0 saturated heterocycles. The summed E-state index contributed by atoms with van der Waals surface area (Å²) in [5.74, 6) is -2.14. The van der Waals surface area contributed by atoms with Crippen molar-refractivity contribution in [1.82, 2.24) is 4.90 Å². The highest BCUT2D eigenvalue weighted by molar-refractivity contribution is 6.03. The number of nitrogens with zero attached hydrogens (tertiary/aromatic N) is 1. The second-order valence-electron chi connectivity index (χ2n) is 5.30. The van der Waals surface area contributed by atoms with Crippen molar-refractivity contribution in [2.45, 2.75) is 31.8 Å². The summed E-state index contributed by atoms with van der Waals surface area (Å²) in [7, 11) is 0. The number of carboxylic acids is 1. The predicted molar refractivity (Wildman–Crippen MR) is 75.2 cm³/mol. The van der Waals surface area contributed by atoms with Crippen LogP contribution in [0.5, 0.6) is 0 Å². The molecule has 1 aliphatic rings. The van der Waals surface area contributed by atoms with Crippen molar-refractivity contribution >= 4 is 23.5 Å². The summed E-state index contributed by atoms with van der Waals surface area (Å²) in [6.45, 7) is 1.64. The Morgan fingerprint density at radius 1 is 1.43 bits per heavy atom. The quantitative estimate of drug-likeness (QED) is 0.674. The Balaban J connectivity index is 2.36. The average molecular weight is 291 g/mol. The zero-order valence-electron chi connectivity index (χ0n) is 11.6. The smallest absolute Gasteiger partial charge is 0.303 e. The van der Waals surface area contributed by atoms with Crippen LogP contribution in [0.25, 0.3) is 0 Å². The molecule has 1 heterocycles. The second-order valence-corrected chi connectivity index (χ2v) is 5.30. The van der Waals surface area contributed by atoms with Crippen LogP contribution in [-0.2, 0) is 16.1 Å². The van der Waals surface area contributed by atoms with Gasteiger partial charge >= 0.3 is 5.97 Å². The van der Waals surface area contributed by atoms with E-state index in [1.54, 1.807) is 18.2 Å². The Bertz CT molecular complexity index is 629. The lowest BCUT2D eigenvalue weighted by Gasteiger charge is -2.35. The van der Waals surface area contributed by atoms with Crippen molar-refractivity contribution in [1.29, 1.82) is 0 Å². The monoisotopic (exact) mass is 291 g/mol. The molecule has 0 fully saturated rings. The van der Waals surface area contributed by atoms with Gasteiger partial charge in [0.05, 0.1) is 0 Å². The van der Waals surface area contributed by atoms with Crippen LogP contribution in [0.1, 0.15) is 35.7 Å². The number of benzene rings is 1. The molecule has 0 aromatic heterocycles. The fourth-order valence-electron chi connectivity index (χ4n) is 2.50. The molecule has 2 rings (SSSR count). The van der Waals surface area contributed by atoms with E-state index in [-0.39, 0.29) is 25.3 Å². The maximum absolute atomic E-state index is 12.5. The minimum absolute atomic E-state index is 0.0443. The van der Waals surface area contributed by atoms with Crippen LogP contribution < -0.4 is 11.5 Å². The predicted octanol–water partition coefficient (Wildman–Crippen LogP) is 0.333. The summed E-state index contributed by atoms with van der Waals surface area (Å²) in [5.41, 5.74) is 11.4. The number of carbonyl (C=O) groups excluding carboxylic acids is 2. The average Bonchev–Trinajstić information content (AvgIpc) is 2.75. The van der Waals surface area contributed by atoms with Gasteiger partial charge in [-0.3, -0.25) is 14.4 Å². The summed E-state index contributed by atoms with van der Waals surface area (Å²) in [6.07, 6.45) is -0.299. The number of primary amides is 1. The molecule has 2 amide bonds. The number of hydrogen-bond donors (Lipinski definition) is 3. The molecule has 0 unspecified atom stereocenters. The first-order valence-electron chi connectivity index (χ1n) is 6.48. The maximum atomic E-state index is 12.5. The molecule has 1 aliphatic heterocycles. The highest BCUT2D eigenvalue weighted by atomic mass is 16.4. The second kappa shape index (κ2) is 5.08. The number of amides is 2. The number of nitrogen functional groups attached to an aromatic ring is 1. The van der Waals surface area contributed by atoms with E-state index >= 15 is 0 Å². The van der Waals surface area contributed by atoms with Gasteiger partial charge in [-0.05, 0) is 25.5 Å². The molecule has 1 atom stereocenters. The van der Waals surface area contributed by atoms with E-state index in [1.165, 1.54) is 11.8 Å². The molecule has 0 bridgehead atoms. The van der Waals surface area contributed by atoms with Gasteiger partial charge in [0, 0.05) is 29.8 Å². The van der Waals surface area contributed by atoms with Gasteiger partial charge in [-0.25, -0.2) is 0 Å². The molecule has 1 aromatic rings. The fourth-order valence-corrected chi connectivity index (χ4v) is 2.50. The van der Waals surface area contributed by atoms with Crippen molar-refractivity contribution in [3.63, 3.8) is 0 Å². The molecule has 5 N–H and O–H groups in total. The van der Waals surface area contributed by atoms with E-state index in [2.05, 4.69) is 0 Å². The summed E-state index contributed by atoms with van der Waals surface area (Å²) >= 11 is 0. The third-order valence-electron chi connectivity index (χ3n) is 3.96. The van der Waals surface area contributed by atoms with Gasteiger partial charge in [0.25, 0.3) is 5.91 Å². The van der Waals surface area contributed by atoms with Crippen molar-refractivity contribution in [2.75, 3.05) is 5.73 Å². The van der Waals surface area contributed by atoms with Crippen LogP contribution in [0.3, 0.4) is 0 Å². The van der Waals surface area contributed by atoms with Crippen molar-refractivity contribution in [3.8, 4) is 0 Å². The van der Waals surface area contributed by atoms with Crippen LogP contribution in [0.15, 0.2) is 18.2 Å². The van der Waals surface area contributed by atoms with Gasteiger partial charge in [-0.1, -0.05) is 6.07 Å². The van der Waals surface area contributed by atoms with Gasteiger partial charge in [-0.15, -0.1) is 0 Å². The van der Waals surface area contributed by atoms with Crippen LogP contribution in [0, 0.1) is 0 Å². The summed E-state index contributed by atoms with van der Waals surface area (Å²) < 4.78 is 0. The first-order valence-corrected chi connectivity index (χ1v) is 6.48. The number of anilines is 1. The summed E-state index contributed by atoms with van der Waals surface area (Å²) in [4.78, 5) is 36.3. The van der Waals surface area contributed by atoms with Crippen molar-refractivity contribution in [3.05, 3.63) is 29.3 Å². The lowest BCUT2D eigenvalue weighted by Crippen LogP contribution is -2.55. The highest BCUT2D eigenvalue weighted by Gasteiger charge is 2.45. The van der Waals surface area contributed by atoms with Crippen LogP contribution in [0.2, 0.25) is 0 Å². The number of nitrogens with two attached hydrogens (primary N) is 2. The Morgan fingerprint density at radius 2 is 2.10 bits per heavy atom. The number of hydrogen-bond acceptors (Lipinski definition) is 4. The van der Waals surface area contributed by atoms with E-state index in [9.17, 15) is 14.4 Å². The summed E-state index contributed by atoms with van der Waals surface area (Å²) in [5, 5.41) is 8.81. The first kappa shape index (κ1) is 14.8. The van der Waals surface area contributed by atoms with E-state index < -0.39 is 17.4 Å². The third-order valence-corrected chi connectivity index (χ3v) is 3.96. The molecule has 1 aromatic carbocycles. The topological polar surface area (TPSA) is 127 Å². The molecule has 21 heavy (non-hydrogen) atoms. The maximum Gasteiger partial charge on any atom is 0.303 e. The van der Waals surface area contributed by atoms with E-state index in [4.69, 9.17) is 16.6 Å². The van der Waals surface area contributed by atoms with Gasteiger partial charge in [0.15, 0.2) is 0 Å². The number of rotatable bonds is 5. The lowest BCUT2D eigenvalue weighted by molar-refractivity contribution is -0.138. The molecule has 7 nitrogen and oxygen atoms in total. The van der Waals surface area contributed by atoms with Gasteiger partial charge < -0.3 is 21.5 Å². The Hall–Kier alpha value is -2.57. The number of carboxylic acid groups (broad SMARTS) is 1. The largest absolute Gasteiger partial charge is 0.481 e. The first-order chi connectivity index (χ1) is 9.77. The molecular weight excluding hydrogens is 274 g/mol. The SMILES string of the molecule is C[C@](CCC(=O)O)(C(N)=O)N1Cc2c(N)cccc2C1=O. The lowest BCUT2D eigenvalue weighted by atomic mass is 9.92. The number of aliphatic carboxylic acids is 1. The molecule has 7 heteroatoms. The molecule has 0 radical (unpaired) electrons. The Labute approximate surface area is 121 Å². The number of carbonyl (C=O) groups is 3. The van der Waals surface area contributed by atoms with Gasteiger partial charge in [0.1, 0.15) is 5.54 Å². The normalized spacial score (nSPS) is 16.4. The van der Waals surface area contributed by atoms with Gasteiger partial charge in [-0.2, -0.15) is 0 Å². The van der Waals surface area contributed by atoms with Crippen LogP contribution >= 0.6 is 0 Å². The highest BCUT2D eigenvalue weighted by Crippen LogP contribution is 2.34. The molecule has 0 aliphatic carbocycles. The van der Waals surface area contributed by atoms with E-state index in [1.807, 2.05) is 0 Å². The summed E-state index contributed by atoms with van der Waals surface area (Å²) in [6, 6.07) is 4.97. The number of fused-ring (bicyclic) bond motifs is 1. The van der Waals surface area contributed by atoms with Gasteiger partial charge in [0.2, 0.25) is 5.91 Å². The molecule has 0 saturated carbocycles. The minimum atomic E-state index is -1.36. The van der Waals surface area contributed by atoms with Crippen molar-refractivity contribution < 1.29 is 19.5 Å². The Kier molecular flexibility index (Phi) is 3.59.